The van der Waals surface area contributed by atoms with E-state index in [0.717, 1.165) is 21.9 Å². The topological polar surface area (TPSA) is 80.4 Å². The van der Waals surface area contributed by atoms with E-state index in [1.807, 2.05) is 30.5 Å². The third kappa shape index (κ3) is 4.95. The van der Waals surface area contributed by atoms with Crippen LogP contribution in [0.3, 0.4) is 0 Å². The Bertz CT molecular complexity index is 1500. The molecule has 190 valence electrons. The van der Waals surface area contributed by atoms with E-state index in [9.17, 15) is 9.59 Å². The smallest absolute Gasteiger partial charge is 0.406 e. The number of amides is 1. The number of alkyl carbamates (subject to hydrolysis) is 1. The highest BCUT2D eigenvalue weighted by Gasteiger charge is 2.25. The highest BCUT2D eigenvalue weighted by atomic mass is 32.1. The SMILES string of the molecule is COC(=O)NCC(CC(C)(C)C)c1ccc(-c2c(OC)cc(C)c3[nH]c(=O)c4sccc4c23)cc1F. The first-order chi connectivity index (χ1) is 17.0. The van der Waals surface area contributed by atoms with Crippen molar-refractivity contribution >= 4 is 38.4 Å². The lowest BCUT2D eigenvalue weighted by Crippen LogP contribution is -2.30. The Labute approximate surface area is 213 Å². The molecule has 0 radical (unpaired) electrons. The van der Waals surface area contributed by atoms with Crippen molar-refractivity contribution in [3.8, 4) is 16.9 Å². The number of aryl methyl sites for hydroxylation is 1. The van der Waals surface area contributed by atoms with E-state index in [0.29, 0.717) is 33.5 Å². The molecule has 0 aliphatic carbocycles. The lowest BCUT2D eigenvalue weighted by Gasteiger charge is -2.27. The molecule has 0 spiro atoms. The number of hydrogen-bond acceptors (Lipinski definition) is 5. The Hall–Kier alpha value is -3.39. The van der Waals surface area contributed by atoms with Crippen molar-refractivity contribution in [1.29, 1.82) is 0 Å². The monoisotopic (exact) mass is 510 g/mol. The number of aromatic nitrogens is 1. The van der Waals surface area contributed by atoms with Crippen LogP contribution in [0.15, 0.2) is 40.5 Å². The maximum atomic E-state index is 15.8. The van der Waals surface area contributed by atoms with Crippen LogP contribution in [0.4, 0.5) is 9.18 Å². The lowest BCUT2D eigenvalue weighted by molar-refractivity contribution is 0.169. The standard InChI is InChI=1S/C28H31FN2O4S/c1-15-11-21(34-5)22(23-19-9-10-36-25(19)26(32)31-24(15)23)16-7-8-18(20(29)12-16)17(13-28(2,3)4)14-30-27(33)35-6/h7-12,17H,13-14H2,1-6H3,(H,30,33)(H,31,32). The van der Waals surface area contributed by atoms with Gasteiger partial charge in [-0.05, 0) is 59.0 Å². The number of rotatable bonds is 6. The van der Waals surface area contributed by atoms with Crippen molar-refractivity contribution in [2.45, 2.75) is 40.0 Å². The Morgan fingerprint density at radius 2 is 1.94 bits per heavy atom. The van der Waals surface area contributed by atoms with Gasteiger partial charge in [0.25, 0.3) is 5.56 Å². The predicted molar refractivity (Wildman–Crippen MR) is 144 cm³/mol. The van der Waals surface area contributed by atoms with Crippen LogP contribution < -0.4 is 15.6 Å². The number of thiophene rings is 1. The van der Waals surface area contributed by atoms with Gasteiger partial charge in [0.15, 0.2) is 0 Å². The zero-order valence-electron chi connectivity index (χ0n) is 21.4. The quantitative estimate of drug-likeness (QED) is 0.301. The second-order valence-electron chi connectivity index (χ2n) is 10.2. The van der Waals surface area contributed by atoms with Crippen LogP contribution in [-0.4, -0.2) is 31.8 Å². The average Bonchev–Trinajstić information content (AvgIpc) is 3.32. The molecule has 1 amide bonds. The maximum Gasteiger partial charge on any atom is 0.406 e. The van der Waals surface area contributed by atoms with Gasteiger partial charge >= 0.3 is 6.09 Å². The molecule has 2 aromatic carbocycles. The minimum Gasteiger partial charge on any atom is -0.496 e. The van der Waals surface area contributed by atoms with Gasteiger partial charge in [0.1, 0.15) is 16.3 Å². The van der Waals surface area contributed by atoms with Gasteiger partial charge in [0, 0.05) is 28.8 Å². The summed E-state index contributed by atoms with van der Waals surface area (Å²) in [6.45, 7) is 8.42. The lowest BCUT2D eigenvalue weighted by atomic mass is 9.80. The molecule has 0 saturated heterocycles. The fraction of sp³-hybridized carbons (Fsp3) is 0.357. The van der Waals surface area contributed by atoms with Crippen LogP contribution in [0.25, 0.3) is 32.1 Å². The predicted octanol–water partition coefficient (Wildman–Crippen LogP) is 6.74. The fourth-order valence-electron chi connectivity index (χ4n) is 4.84. The molecule has 0 saturated carbocycles. The van der Waals surface area contributed by atoms with Crippen LogP contribution in [0, 0.1) is 18.2 Å². The number of ether oxygens (including phenoxy) is 2. The molecule has 6 nitrogen and oxygen atoms in total. The fourth-order valence-corrected chi connectivity index (χ4v) is 5.64. The zero-order chi connectivity index (χ0) is 26.2. The summed E-state index contributed by atoms with van der Waals surface area (Å²) in [7, 11) is 2.89. The van der Waals surface area contributed by atoms with Gasteiger partial charge in [-0.3, -0.25) is 4.79 Å². The summed E-state index contributed by atoms with van der Waals surface area (Å²) >= 11 is 1.37. The summed E-state index contributed by atoms with van der Waals surface area (Å²) in [5, 5.41) is 6.24. The molecule has 36 heavy (non-hydrogen) atoms. The number of fused-ring (bicyclic) bond motifs is 3. The molecule has 0 aliphatic heterocycles. The van der Waals surface area contributed by atoms with Crippen molar-refractivity contribution in [3.05, 3.63) is 63.0 Å². The second kappa shape index (κ2) is 9.93. The number of methoxy groups -OCH3 is 2. The number of H-pyrrole nitrogens is 1. The highest BCUT2D eigenvalue weighted by Crippen LogP contribution is 2.43. The third-order valence-corrected chi connectivity index (χ3v) is 7.27. The summed E-state index contributed by atoms with van der Waals surface area (Å²) in [5.41, 5.74) is 3.24. The van der Waals surface area contributed by atoms with Gasteiger partial charge in [-0.15, -0.1) is 11.3 Å². The van der Waals surface area contributed by atoms with E-state index in [-0.39, 0.29) is 29.3 Å². The minimum atomic E-state index is -0.546. The van der Waals surface area contributed by atoms with Gasteiger partial charge in [-0.2, -0.15) is 0 Å². The van der Waals surface area contributed by atoms with Gasteiger partial charge in [-0.1, -0.05) is 32.9 Å². The first-order valence-corrected chi connectivity index (χ1v) is 12.6. The Morgan fingerprint density at radius 3 is 2.58 bits per heavy atom. The van der Waals surface area contributed by atoms with Crippen molar-refractivity contribution in [2.75, 3.05) is 20.8 Å². The molecule has 1 unspecified atom stereocenters. The number of pyridine rings is 1. The molecular weight excluding hydrogens is 479 g/mol. The normalized spacial score (nSPS) is 12.6. The molecule has 4 aromatic rings. The number of benzene rings is 2. The van der Waals surface area contributed by atoms with E-state index in [1.165, 1.54) is 24.5 Å². The Kier molecular flexibility index (Phi) is 7.09. The van der Waals surface area contributed by atoms with Crippen molar-refractivity contribution in [2.24, 2.45) is 5.41 Å². The van der Waals surface area contributed by atoms with Crippen molar-refractivity contribution < 1.29 is 18.7 Å². The Balaban J connectivity index is 1.89. The van der Waals surface area contributed by atoms with E-state index >= 15 is 4.39 Å². The van der Waals surface area contributed by atoms with Gasteiger partial charge in [0.2, 0.25) is 0 Å². The number of halogens is 1. The summed E-state index contributed by atoms with van der Waals surface area (Å²) in [5.74, 6) is -0.00442. The Morgan fingerprint density at radius 1 is 1.19 bits per heavy atom. The first kappa shape index (κ1) is 25.7. The number of carbonyl (C=O) groups excluding carboxylic acids is 1. The molecule has 2 aromatic heterocycles. The van der Waals surface area contributed by atoms with Crippen LogP contribution in [-0.2, 0) is 4.74 Å². The van der Waals surface area contributed by atoms with Crippen LogP contribution in [0.5, 0.6) is 5.75 Å². The van der Waals surface area contributed by atoms with Crippen molar-refractivity contribution in [1.82, 2.24) is 10.3 Å². The number of hydrogen-bond donors (Lipinski definition) is 2. The number of nitrogens with one attached hydrogen (secondary N) is 2. The molecule has 1 atom stereocenters. The summed E-state index contributed by atoms with van der Waals surface area (Å²) in [4.78, 5) is 27.4. The van der Waals surface area contributed by atoms with Crippen LogP contribution >= 0.6 is 11.3 Å². The minimum absolute atomic E-state index is 0.0830. The average molecular weight is 511 g/mol. The molecule has 8 heteroatoms. The molecule has 0 bridgehead atoms. The van der Waals surface area contributed by atoms with Gasteiger partial charge < -0.3 is 19.8 Å². The molecule has 0 fully saturated rings. The van der Waals surface area contributed by atoms with E-state index in [4.69, 9.17) is 9.47 Å². The zero-order valence-corrected chi connectivity index (χ0v) is 22.2. The summed E-state index contributed by atoms with van der Waals surface area (Å²) in [6, 6.07) is 8.95. The van der Waals surface area contributed by atoms with E-state index in [1.54, 1.807) is 13.2 Å². The highest BCUT2D eigenvalue weighted by molar-refractivity contribution is 7.17. The molecule has 2 heterocycles. The molecule has 4 rings (SSSR count). The molecule has 0 aliphatic rings. The number of aromatic amines is 1. The number of carbonyl (C=O) groups is 1. The van der Waals surface area contributed by atoms with E-state index in [2.05, 4.69) is 31.1 Å². The first-order valence-electron chi connectivity index (χ1n) is 11.8. The largest absolute Gasteiger partial charge is 0.496 e. The molecular formula is C28H31FN2O4S. The van der Waals surface area contributed by atoms with Gasteiger partial charge in [-0.25, -0.2) is 9.18 Å². The summed E-state index contributed by atoms with van der Waals surface area (Å²) in [6.07, 6.45) is 0.122. The maximum absolute atomic E-state index is 15.8. The second-order valence-corrected chi connectivity index (χ2v) is 11.1. The van der Waals surface area contributed by atoms with Crippen molar-refractivity contribution in [3.63, 3.8) is 0 Å². The van der Waals surface area contributed by atoms with Crippen LogP contribution in [0.2, 0.25) is 0 Å². The third-order valence-electron chi connectivity index (χ3n) is 6.35. The molecule has 2 N–H and O–H groups in total. The van der Waals surface area contributed by atoms with E-state index < -0.39 is 6.09 Å². The van der Waals surface area contributed by atoms with Gasteiger partial charge in [0.05, 0.1) is 19.7 Å². The van der Waals surface area contributed by atoms with Crippen LogP contribution in [0.1, 0.15) is 44.2 Å². The summed E-state index contributed by atoms with van der Waals surface area (Å²) < 4.78 is 26.8.